The van der Waals surface area contributed by atoms with Crippen molar-refractivity contribution in [3.05, 3.63) is 35.6 Å². The van der Waals surface area contributed by atoms with Crippen LogP contribution in [0.5, 0.6) is 0 Å². The third-order valence-electron chi connectivity index (χ3n) is 3.11. The van der Waals surface area contributed by atoms with Gasteiger partial charge < -0.3 is 14.5 Å². The van der Waals surface area contributed by atoms with Gasteiger partial charge in [0.2, 0.25) is 0 Å². The predicted octanol–water partition coefficient (Wildman–Crippen LogP) is 1.83. The van der Waals surface area contributed by atoms with Crippen LogP contribution in [0.2, 0.25) is 0 Å². The summed E-state index contributed by atoms with van der Waals surface area (Å²) in [6.45, 7) is 1.81. The molecule has 0 saturated carbocycles. The lowest BCUT2D eigenvalue weighted by molar-refractivity contribution is -0.147. The largest absolute Gasteiger partial charge is 0.464 e. The number of esters is 1. The van der Waals surface area contributed by atoms with E-state index in [1.807, 2.05) is 18.2 Å². The molecule has 0 radical (unpaired) electrons. The fraction of sp³-hybridized carbons (Fsp3) is 0.333. The number of fused-ring (bicyclic) bond motifs is 1. The number of aryl methyl sites for hydroxylation is 1. The van der Waals surface area contributed by atoms with Gasteiger partial charge in [0.15, 0.2) is 6.61 Å². The molecule has 106 valence electrons. The topological polar surface area (TPSA) is 68.5 Å². The maximum atomic E-state index is 11.7. The molecule has 0 fully saturated rings. The van der Waals surface area contributed by atoms with Gasteiger partial charge in [-0.25, -0.2) is 0 Å². The van der Waals surface area contributed by atoms with Crippen LogP contribution in [-0.4, -0.2) is 25.5 Å². The van der Waals surface area contributed by atoms with Crippen LogP contribution in [0.3, 0.4) is 0 Å². The number of benzene rings is 1. The third kappa shape index (κ3) is 3.17. The minimum Gasteiger partial charge on any atom is -0.464 e. The van der Waals surface area contributed by atoms with E-state index in [0.717, 1.165) is 23.0 Å². The van der Waals surface area contributed by atoms with Gasteiger partial charge in [-0.05, 0) is 18.1 Å². The van der Waals surface area contributed by atoms with Gasteiger partial charge in [0.25, 0.3) is 5.91 Å². The Morgan fingerprint density at radius 1 is 1.35 bits per heavy atom. The Morgan fingerprint density at radius 2 is 2.15 bits per heavy atom. The van der Waals surface area contributed by atoms with E-state index in [0.29, 0.717) is 0 Å². The van der Waals surface area contributed by atoms with Crippen molar-refractivity contribution in [3.63, 3.8) is 0 Å². The number of nitrogens with one attached hydrogen (secondary N) is 1. The van der Waals surface area contributed by atoms with Gasteiger partial charge in [0.05, 0.1) is 12.7 Å². The highest BCUT2D eigenvalue weighted by atomic mass is 16.5. The second-order valence-electron chi connectivity index (χ2n) is 4.46. The van der Waals surface area contributed by atoms with Crippen molar-refractivity contribution in [3.8, 4) is 0 Å². The Hall–Kier alpha value is -2.30. The zero-order chi connectivity index (χ0) is 14.5. The van der Waals surface area contributed by atoms with Crippen molar-refractivity contribution in [2.75, 3.05) is 13.7 Å². The molecule has 2 rings (SSSR count). The van der Waals surface area contributed by atoms with Crippen LogP contribution < -0.4 is 5.32 Å². The quantitative estimate of drug-likeness (QED) is 0.845. The van der Waals surface area contributed by atoms with Crippen LogP contribution in [-0.2, 0) is 27.2 Å². The minimum atomic E-state index is -0.448. The standard InChI is InChI=1S/C15H17NO4/c1-3-10-4-5-12-11(8-19-13(12)6-10)7-15(18)20-9-14(17)16-2/h4-6,8H,3,7,9H2,1-2H3,(H,16,17). The Kier molecular flexibility index (Phi) is 4.40. The average molecular weight is 275 g/mol. The van der Waals surface area contributed by atoms with Gasteiger partial charge >= 0.3 is 5.97 Å². The van der Waals surface area contributed by atoms with E-state index in [9.17, 15) is 9.59 Å². The first-order valence-corrected chi connectivity index (χ1v) is 6.49. The van der Waals surface area contributed by atoms with E-state index in [4.69, 9.17) is 9.15 Å². The first-order chi connectivity index (χ1) is 9.63. The van der Waals surface area contributed by atoms with Crippen LogP contribution >= 0.6 is 0 Å². The molecule has 0 saturated heterocycles. The maximum absolute atomic E-state index is 11.7. The first kappa shape index (κ1) is 14.1. The SMILES string of the molecule is CCc1ccc2c(CC(=O)OCC(=O)NC)coc2c1. The maximum Gasteiger partial charge on any atom is 0.310 e. The Balaban J connectivity index is 2.06. The number of likely N-dealkylation sites (N-methyl/N-ethyl adjacent to an activating group) is 1. The molecule has 5 heteroatoms. The van der Waals surface area contributed by atoms with E-state index in [-0.39, 0.29) is 18.9 Å². The summed E-state index contributed by atoms with van der Waals surface area (Å²) in [6, 6.07) is 5.92. The van der Waals surface area contributed by atoms with Crippen LogP contribution in [0, 0.1) is 0 Å². The first-order valence-electron chi connectivity index (χ1n) is 6.49. The summed E-state index contributed by atoms with van der Waals surface area (Å²) < 4.78 is 10.3. The Bertz CT molecular complexity index is 630. The van der Waals surface area contributed by atoms with E-state index >= 15 is 0 Å². The smallest absolute Gasteiger partial charge is 0.310 e. The van der Waals surface area contributed by atoms with Crippen molar-refractivity contribution in [2.45, 2.75) is 19.8 Å². The molecule has 0 bridgehead atoms. The average Bonchev–Trinajstić information content (AvgIpc) is 2.86. The minimum absolute atomic E-state index is 0.0927. The van der Waals surface area contributed by atoms with Gasteiger partial charge in [-0.15, -0.1) is 0 Å². The number of carbonyl (C=O) groups excluding carboxylic acids is 2. The molecule has 0 atom stereocenters. The highest BCUT2D eigenvalue weighted by Gasteiger charge is 2.12. The second-order valence-corrected chi connectivity index (χ2v) is 4.46. The molecule has 20 heavy (non-hydrogen) atoms. The summed E-state index contributed by atoms with van der Waals surface area (Å²) in [5.41, 5.74) is 2.71. The van der Waals surface area contributed by atoms with Gasteiger partial charge in [0, 0.05) is 18.0 Å². The van der Waals surface area contributed by atoms with E-state index in [2.05, 4.69) is 12.2 Å². The lowest BCUT2D eigenvalue weighted by Gasteiger charge is -2.03. The summed E-state index contributed by atoms with van der Waals surface area (Å²) in [4.78, 5) is 22.6. The fourth-order valence-electron chi connectivity index (χ4n) is 1.91. The second kappa shape index (κ2) is 6.23. The summed E-state index contributed by atoms with van der Waals surface area (Å²) in [5.74, 6) is -0.779. The monoisotopic (exact) mass is 275 g/mol. The number of hydrogen-bond acceptors (Lipinski definition) is 4. The molecule has 0 spiro atoms. The Labute approximate surface area is 116 Å². The van der Waals surface area contributed by atoms with Crippen LogP contribution in [0.25, 0.3) is 11.0 Å². The van der Waals surface area contributed by atoms with Crippen molar-refractivity contribution in [1.29, 1.82) is 0 Å². The molecule has 2 aromatic rings. The number of furan rings is 1. The number of ether oxygens (including phenoxy) is 1. The molecule has 5 nitrogen and oxygen atoms in total. The van der Waals surface area contributed by atoms with Crippen molar-refractivity contribution in [1.82, 2.24) is 5.32 Å². The highest BCUT2D eigenvalue weighted by molar-refractivity contribution is 5.87. The summed E-state index contributed by atoms with van der Waals surface area (Å²) >= 11 is 0. The third-order valence-corrected chi connectivity index (χ3v) is 3.11. The number of carbonyl (C=O) groups is 2. The zero-order valence-corrected chi connectivity index (χ0v) is 11.6. The summed E-state index contributed by atoms with van der Waals surface area (Å²) in [5, 5.41) is 3.29. The molecule has 0 aliphatic heterocycles. The molecule has 1 N–H and O–H groups in total. The van der Waals surface area contributed by atoms with Gasteiger partial charge in [-0.2, -0.15) is 0 Å². The van der Waals surface area contributed by atoms with Gasteiger partial charge in [0.1, 0.15) is 5.58 Å². The lowest BCUT2D eigenvalue weighted by atomic mass is 10.1. The van der Waals surface area contributed by atoms with Gasteiger partial charge in [-0.1, -0.05) is 19.1 Å². The lowest BCUT2D eigenvalue weighted by Crippen LogP contribution is -2.25. The van der Waals surface area contributed by atoms with E-state index in [1.54, 1.807) is 6.26 Å². The van der Waals surface area contributed by atoms with Crippen LogP contribution in [0.15, 0.2) is 28.9 Å². The molecule has 1 amide bonds. The van der Waals surface area contributed by atoms with Crippen LogP contribution in [0.4, 0.5) is 0 Å². The molecule has 1 heterocycles. The normalized spacial score (nSPS) is 10.5. The molecular formula is C15H17NO4. The number of rotatable bonds is 5. The molecule has 0 aliphatic carbocycles. The summed E-state index contributed by atoms with van der Waals surface area (Å²) in [6.07, 6.45) is 2.58. The van der Waals surface area contributed by atoms with E-state index < -0.39 is 5.97 Å². The van der Waals surface area contributed by atoms with Crippen molar-refractivity contribution >= 4 is 22.8 Å². The van der Waals surface area contributed by atoms with E-state index in [1.165, 1.54) is 12.6 Å². The van der Waals surface area contributed by atoms with Crippen molar-refractivity contribution in [2.24, 2.45) is 0 Å². The summed E-state index contributed by atoms with van der Waals surface area (Å²) in [7, 11) is 1.49. The molecular weight excluding hydrogens is 258 g/mol. The zero-order valence-electron chi connectivity index (χ0n) is 11.6. The fourth-order valence-corrected chi connectivity index (χ4v) is 1.91. The molecule has 0 aliphatic rings. The molecule has 1 aromatic carbocycles. The highest BCUT2D eigenvalue weighted by Crippen LogP contribution is 2.23. The van der Waals surface area contributed by atoms with Crippen LogP contribution in [0.1, 0.15) is 18.1 Å². The molecule has 1 aromatic heterocycles. The number of hydrogen-bond donors (Lipinski definition) is 1. The van der Waals surface area contributed by atoms with Gasteiger partial charge in [-0.3, -0.25) is 9.59 Å². The molecule has 0 unspecified atom stereocenters. The number of amides is 1. The predicted molar refractivity (Wildman–Crippen MR) is 74.3 cm³/mol. The Morgan fingerprint density at radius 3 is 2.85 bits per heavy atom. The van der Waals surface area contributed by atoms with Crippen molar-refractivity contribution < 1.29 is 18.7 Å².